The van der Waals surface area contributed by atoms with Crippen LogP contribution in [0.25, 0.3) is 0 Å². The van der Waals surface area contributed by atoms with Crippen molar-refractivity contribution in [3.05, 3.63) is 163 Å². The van der Waals surface area contributed by atoms with Crippen LogP contribution in [-0.2, 0) is 52.0 Å². The second kappa shape index (κ2) is 14.1. The molecule has 11 aliphatic heterocycles. The van der Waals surface area contributed by atoms with Crippen molar-refractivity contribution in [2.24, 2.45) is 51.6 Å². The Morgan fingerprint density at radius 2 is 1.75 bits per heavy atom. The van der Waals surface area contributed by atoms with Crippen LogP contribution in [0.3, 0.4) is 0 Å². The van der Waals surface area contributed by atoms with Crippen LogP contribution in [0.5, 0.6) is 0 Å². The quantitative estimate of drug-likeness (QED) is 0.262. The van der Waals surface area contributed by atoms with E-state index in [1.165, 1.54) is 56.5 Å². The molecule has 0 amide bonds. The highest BCUT2D eigenvalue weighted by Gasteiger charge is 2.92. The van der Waals surface area contributed by atoms with Gasteiger partial charge in [0.05, 0.1) is 17.0 Å². The van der Waals surface area contributed by atoms with Crippen molar-refractivity contribution in [1.29, 1.82) is 0 Å². The molecule has 4 spiro atoms. The fourth-order valence-corrected chi connectivity index (χ4v) is 18.4. The summed E-state index contributed by atoms with van der Waals surface area (Å²) < 4.78 is 14.4. The fourth-order valence-electron chi connectivity index (χ4n) is 18.4. The number of hydrogen-bond donors (Lipinski definition) is 1. The average Bonchev–Trinajstić information content (AvgIpc) is 3.77. The van der Waals surface area contributed by atoms with Gasteiger partial charge in [-0.05, 0) is 165 Å². The van der Waals surface area contributed by atoms with Gasteiger partial charge in [0.1, 0.15) is 11.2 Å². The molecule has 3 aromatic carbocycles. The zero-order valence-corrected chi connectivity index (χ0v) is 40.0. The van der Waals surface area contributed by atoms with E-state index in [-0.39, 0.29) is 35.2 Å². The summed E-state index contributed by atoms with van der Waals surface area (Å²) in [6.07, 6.45) is 22.8. The summed E-state index contributed by atoms with van der Waals surface area (Å²) in [5.41, 5.74) is 20.4. The SMILES string of the molecule is CC1CC2=C3C4C5=C6C=C(Cc7cc8cc(c7)Cc7ccc(cc7)CC79CC(CN(C7)C(C)CC=C7OC(=O)C6%10C(CCCC8)C6(OC(=O)c8c(CCCN)cccc86)C7%10CC5)C(C=C2)N3C9)C14. The first-order valence-corrected chi connectivity index (χ1v) is 26.7. The van der Waals surface area contributed by atoms with E-state index in [9.17, 15) is 4.79 Å². The summed E-state index contributed by atoms with van der Waals surface area (Å²) >= 11 is 0. The number of ether oxygens (including phenoxy) is 2. The number of benzene rings is 3. The van der Waals surface area contributed by atoms with Gasteiger partial charge < -0.3 is 20.1 Å². The topological polar surface area (TPSA) is 85.1 Å². The smallest absolute Gasteiger partial charge is 0.339 e. The number of nitrogens with two attached hydrogens (primary N) is 1. The average molecular weight is 904 g/mol. The zero-order chi connectivity index (χ0) is 45.5. The minimum absolute atomic E-state index is 0.0833. The van der Waals surface area contributed by atoms with E-state index in [2.05, 4.69) is 109 Å². The van der Waals surface area contributed by atoms with Gasteiger partial charge >= 0.3 is 11.9 Å². The summed E-state index contributed by atoms with van der Waals surface area (Å²) in [4.78, 5) is 36.9. The van der Waals surface area contributed by atoms with Crippen LogP contribution in [0.1, 0.15) is 121 Å². The normalized spacial score (nSPS) is 39.5. The Bertz CT molecular complexity index is 2940. The summed E-state index contributed by atoms with van der Waals surface area (Å²) in [6.45, 7) is 8.65. The molecule has 68 heavy (non-hydrogen) atoms. The number of piperidine rings is 2. The van der Waals surface area contributed by atoms with Crippen molar-refractivity contribution in [1.82, 2.24) is 9.80 Å². The van der Waals surface area contributed by atoms with Crippen molar-refractivity contribution in [2.75, 3.05) is 26.2 Å². The molecule has 3 saturated heterocycles. The predicted molar refractivity (Wildman–Crippen MR) is 262 cm³/mol. The minimum Gasteiger partial charge on any atom is -0.449 e. The Morgan fingerprint density at radius 1 is 0.912 bits per heavy atom. The van der Waals surface area contributed by atoms with Gasteiger partial charge in [0.15, 0.2) is 5.60 Å². The zero-order valence-electron chi connectivity index (χ0n) is 40.0. The number of allylic oxidation sites excluding steroid dienone is 5. The van der Waals surface area contributed by atoms with Crippen LogP contribution in [-0.4, -0.2) is 60.0 Å². The number of esters is 2. The molecule has 5 aliphatic carbocycles. The highest BCUT2D eigenvalue weighted by atomic mass is 16.6. The first-order chi connectivity index (χ1) is 33.1. The maximum atomic E-state index is 16.2. The maximum absolute atomic E-state index is 16.2. The van der Waals surface area contributed by atoms with Crippen molar-refractivity contribution in [3.63, 3.8) is 0 Å². The van der Waals surface area contributed by atoms with Crippen molar-refractivity contribution >= 4 is 11.9 Å². The third-order valence-corrected chi connectivity index (χ3v) is 20.6. The van der Waals surface area contributed by atoms with Gasteiger partial charge in [0, 0.05) is 54.2 Å². The van der Waals surface area contributed by atoms with Crippen molar-refractivity contribution in [3.8, 4) is 0 Å². The molecule has 1 saturated carbocycles. The molecule has 7 heteroatoms. The van der Waals surface area contributed by atoms with Crippen LogP contribution < -0.4 is 5.73 Å². The molecular weight excluding hydrogens is 839 g/mol. The molecule has 19 rings (SSSR count). The van der Waals surface area contributed by atoms with Gasteiger partial charge in [0.25, 0.3) is 0 Å². The Morgan fingerprint density at radius 3 is 2.62 bits per heavy atom. The molecule has 12 atom stereocenters. The van der Waals surface area contributed by atoms with Crippen LogP contribution >= 0.6 is 0 Å². The summed E-state index contributed by atoms with van der Waals surface area (Å²) in [6, 6.07) is 24.3. The monoisotopic (exact) mass is 903 g/mol. The summed E-state index contributed by atoms with van der Waals surface area (Å²) in [5.74, 6) is 1.58. The molecule has 19 bridgehead atoms. The highest BCUT2D eigenvalue weighted by molar-refractivity contribution is 6.00. The lowest BCUT2D eigenvalue weighted by molar-refractivity contribution is -0.275. The second-order valence-corrected chi connectivity index (χ2v) is 24.0. The predicted octanol–water partition coefficient (Wildman–Crippen LogP) is 10.0. The molecule has 3 aromatic rings. The van der Waals surface area contributed by atoms with E-state index in [1.54, 1.807) is 5.70 Å². The molecule has 12 unspecified atom stereocenters. The Hall–Kier alpha value is -4.98. The van der Waals surface area contributed by atoms with Crippen molar-refractivity contribution < 1.29 is 19.1 Å². The number of carbonyl (C=O) groups is 2. The van der Waals surface area contributed by atoms with Gasteiger partial charge in [-0.15, -0.1) is 0 Å². The van der Waals surface area contributed by atoms with E-state index in [0.29, 0.717) is 42.3 Å². The Balaban J connectivity index is 1.05. The lowest BCUT2D eigenvalue weighted by Gasteiger charge is -2.71. The summed E-state index contributed by atoms with van der Waals surface area (Å²) in [7, 11) is 0. The van der Waals surface area contributed by atoms with E-state index >= 15 is 4.79 Å². The minimum atomic E-state index is -1.03. The first kappa shape index (κ1) is 40.9. The lowest BCUT2D eigenvalue weighted by atomic mass is 9.29. The molecular formula is C61H65N3O4. The van der Waals surface area contributed by atoms with Gasteiger partial charge in [-0.25, -0.2) is 4.79 Å². The molecule has 348 valence electrons. The number of hydrogen-bond acceptors (Lipinski definition) is 7. The molecule has 0 radical (unpaired) electrons. The summed E-state index contributed by atoms with van der Waals surface area (Å²) in [5, 5.41) is 0. The van der Waals surface area contributed by atoms with Crippen LogP contribution in [0.2, 0.25) is 0 Å². The first-order valence-electron chi connectivity index (χ1n) is 26.7. The number of aryl methyl sites for hydroxylation is 2. The fraction of sp³-hybridized carbons (Fsp3) is 0.508. The molecule has 0 aromatic heterocycles. The number of rotatable bonds is 3. The van der Waals surface area contributed by atoms with Gasteiger partial charge in [-0.3, -0.25) is 9.69 Å². The molecule has 2 N–H and O–H groups in total. The third kappa shape index (κ3) is 5.03. The lowest BCUT2D eigenvalue weighted by Crippen LogP contribution is -2.77. The third-order valence-electron chi connectivity index (χ3n) is 20.6. The standard InChI is InChI=1S/C61H65N3O4/c1-35-23-43-17-18-49-45-31-58-30-38-15-13-37(14-16-38)24-40-25-39-7-3-4-11-50-60-48-29-44(28-41(26-39)27-40)52(35)54(55(43)64(49)34-58)46(48)20-21-59(60,51(67-57(60)66)19-12-36(2)63(32-45)33-58)61(50)47-10-5-8-42(9-6-22-62)53(47)56(65)68-61/h5,8,10,13-19,25-27,29,35-36,45,49-50,52,54H,3-4,6-7,9,11-12,20-24,28,30-34,62H2,1-2H3. The molecule has 7 nitrogen and oxygen atoms in total. The van der Waals surface area contributed by atoms with Crippen LogP contribution in [0, 0.1) is 45.8 Å². The van der Waals surface area contributed by atoms with Crippen molar-refractivity contribution in [2.45, 2.75) is 121 Å². The number of nitrogens with zero attached hydrogens (tertiary/aromatic N) is 2. The largest absolute Gasteiger partial charge is 0.449 e. The second-order valence-electron chi connectivity index (χ2n) is 24.0. The molecule has 16 aliphatic rings. The molecule has 11 heterocycles. The Labute approximate surface area is 401 Å². The van der Waals surface area contributed by atoms with Gasteiger partial charge in [0.2, 0.25) is 0 Å². The van der Waals surface area contributed by atoms with Crippen LogP contribution in [0.15, 0.2) is 119 Å². The van der Waals surface area contributed by atoms with E-state index < -0.39 is 16.4 Å². The van der Waals surface area contributed by atoms with Gasteiger partial charge in [-0.1, -0.05) is 103 Å². The number of carbonyl (C=O) groups excluding carboxylic acids is 2. The van der Waals surface area contributed by atoms with E-state index in [1.807, 2.05) is 0 Å². The Kier molecular flexibility index (Phi) is 8.47. The molecule has 4 fully saturated rings. The van der Waals surface area contributed by atoms with Crippen LogP contribution in [0.4, 0.5) is 0 Å². The maximum Gasteiger partial charge on any atom is 0.339 e. The van der Waals surface area contributed by atoms with E-state index in [0.717, 1.165) is 114 Å². The number of fused-ring (bicyclic) bond motifs is 6. The highest BCUT2D eigenvalue weighted by Crippen LogP contribution is 2.87. The van der Waals surface area contributed by atoms with Gasteiger partial charge in [-0.2, -0.15) is 0 Å². The van der Waals surface area contributed by atoms with E-state index in [4.69, 9.17) is 15.2 Å².